The lowest BCUT2D eigenvalue weighted by Gasteiger charge is -2.09. The normalized spacial score (nSPS) is 10.9. The average Bonchev–Trinajstić information content (AvgIpc) is 2.04. The summed E-state index contributed by atoms with van der Waals surface area (Å²) in [5.41, 5.74) is 1.25. The Kier molecular flexibility index (Phi) is 3.29. The first-order valence-corrected chi connectivity index (χ1v) is 4.72. The van der Waals surface area contributed by atoms with Crippen LogP contribution in [-0.4, -0.2) is 11.1 Å². The van der Waals surface area contributed by atoms with Crippen LogP contribution in [0.4, 0.5) is 0 Å². The lowest BCUT2D eigenvalue weighted by molar-refractivity contribution is 0.232. The third kappa shape index (κ3) is 3.05. The highest BCUT2D eigenvalue weighted by atomic mass is 16.5. The molecule has 0 atom stereocenters. The van der Waals surface area contributed by atoms with Crippen molar-refractivity contribution in [3.05, 3.63) is 23.9 Å². The van der Waals surface area contributed by atoms with Crippen LogP contribution >= 0.6 is 0 Å². The van der Waals surface area contributed by atoms with Crippen molar-refractivity contribution in [2.75, 3.05) is 0 Å². The molecule has 0 aliphatic heterocycles. The van der Waals surface area contributed by atoms with Gasteiger partial charge in [-0.15, -0.1) is 0 Å². The zero-order valence-electron chi connectivity index (χ0n) is 8.74. The maximum absolute atomic E-state index is 5.44. The van der Waals surface area contributed by atoms with Crippen molar-refractivity contribution in [1.82, 2.24) is 4.98 Å². The minimum Gasteiger partial charge on any atom is -0.475 e. The predicted molar refractivity (Wildman–Crippen MR) is 54.1 cm³/mol. The van der Waals surface area contributed by atoms with Crippen molar-refractivity contribution in [1.29, 1.82) is 0 Å². The number of pyridine rings is 1. The maximum atomic E-state index is 5.44. The van der Waals surface area contributed by atoms with E-state index in [1.807, 2.05) is 26.1 Å². The third-order valence-corrected chi connectivity index (χ3v) is 1.78. The Balaban J connectivity index is 2.70. The summed E-state index contributed by atoms with van der Waals surface area (Å²) in [5.74, 6) is 1.24. The lowest BCUT2D eigenvalue weighted by Crippen LogP contribution is -2.06. The lowest BCUT2D eigenvalue weighted by atomic mass is 10.1. The number of rotatable bonds is 3. The van der Waals surface area contributed by atoms with Gasteiger partial charge >= 0.3 is 0 Å². The Morgan fingerprint density at radius 1 is 1.15 bits per heavy atom. The minimum absolute atomic E-state index is 0.192. The van der Waals surface area contributed by atoms with Gasteiger partial charge in [0.2, 0.25) is 5.88 Å². The SMILES string of the molecule is CC(C)Oc1ccc(C(C)C)cn1. The van der Waals surface area contributed by atoms with E-state index in [9.17, 15) is 0 Å². The highest BCUT2D eigenvalue weighted by Crippen LogP contribution is 2.16. The van der Waals surface area contributed by atoms with Crippen molar-refractivity contribution in [2.45, 2.75) is 39.7 Å². The van der Waals surface area contributed by atoms with E-state index in [4.69, 9.17) is 4.74 Å². The zero-order chi connectivity index (χ0) is 9.84. The second-order valence-electron chi connectivity index (χ2n) is 3.75. The molecule has 0 aliphatic carbocycles. The summed E-state index contributed by atoms with van der Waals surface area (Å²) in [6, 6.07) is 3.99. The van der Waals surface area contributed by atoms with Crippen LogP contribution in [0, 0.1) is 0 Å². The molecule has 0 radical (unpaired) electrons. The molecule has 0 saturated carbocycles. The molecule has 0 fully saturated rings. The highest BCUT2D eigenvalue weighted by Gasteiger charge is 2.01. The Hall–Kier alpha value is -1.05. The molecular weight excluding hydrogens is 162 g/mol. The Morgan fingerprint density at radius 3 is 2.23 bits per heavy atom. The van der Waals surface area contributed by atoms with Crippen molar-refractivity contribution >= 4 is 0 Å². The summed E-state index contributed by atoms with van der Waals surface area (Å²) in [7, 11) is 0. The molecule has 1 aromatic rings. The molecule has 1 aromatic heterocycles. The standard InChI is InChI=1S/C11H17NO/c1-8(2)10-5-6-11(12-7-10)13-9(3)4/h5-9H,1-4H3. The summed E-state index contributed by atoms with van der Waals surface area (Å²) in [6.45, 7) is 8.30. The van der Waals surface area contributed by atoms with Gasteiger partial charge in [-0.1, -0.05) is 19.9 Å². The van der Waals surface area contributed by atoms with Gasteiger partial charge in [0, 0.05) is 12.3 Å². The van der Waals surface area contributed by atoms with Gasteiger partial charge in [0.05, 0.1) is 6.10 Å². The van der Waals surface area contributed by atoms with Crippen molar-refractivity contribution in [2.24, 2.45) is 0 Å². The van der Waals surface area contributed by atoms with Crippen molar-refractivity contribution < 1.29 is 4.74 Å². The van der Waals surface area contributed by atoms with Gasteiger partial charge in [-0.25, -0.2) is 4.98 Å². The summed E-state index contributed by atoms with van der Waals surface area (Å²) in [4.78, 5) is 4.22. The molecule has 0 N–H and O–H groups in total. The highest BCUT2D eigenvalue weighted by molar-refractivity contribution is 5.20. The molecule has 0 unspecified atom stereocenters. The second kappa shape index (κ2) is 4.26. The minimum atomic E-state index is 0.192. The summed E-state index contributed by atoms with van der Waals surface area (Å²) in [5, 5.41) is 0. The number of hydrogen-bond acceptors (Lipinski definition) is 2. The molecule has 2 heteroatoms. The molecule has 1 heterocycles. The monoisotopic (exact) mass is 179 g/mol. The van der Waals surface area contributed by atoms with Crippen LogP contribution in [0.15, 0.2) is 18.3 Å². The summed E-state index contributed by atoms with van der Waals surface area (Å²) < 4.78 is 5.44. The van der Waals surface area contributed by atoms with Gasteiger partial charge in [0.1, 0.15) is 0 Å². The quantitative estimate of drug-likeness (QED) is 0.711. The van der Waals surface area contributed by atoms with E-state index >= 15 is 0 Å². The number of ether oxygens (including phenoxy) is 1. The van der Waals surface area contributed by atoms with Crippen LogP contribution in [0.5, 0.6) is 5.88 Å². The summed E-state index contributed by atoms with van der Waals surface area (Å²) in [6.07, 6.45) is 2.07. The van der Waals surface area contributed by atoms with Crippen molar-refractivity contribution in [3.8, 4) is 5.88 Å². The van der Waals surface area contributed by atoms with E-state index < -0.39 is 0 Å². The number of aromatic nitrogens is 1. The van der Waals surface area contributed by atoms with Gasteiger partial charge in [-0.2, -0.15) is 0 Å². The van der Waals surface area contributed by atoms with Crippen LogP contribution in [-0.2, 0) is 0 Å². The first-order chi connectivity index (χ1) is 6.09. The number of nitrogens with zero attached hydrogens (tertiary/aromatic N) is 1. The van der Waals surface area contributed by atoms with Gasteiger partial charge in [-0.05, 0) is 25.3 Å². The molecule has 0 spiro atoms. The summed E-state index contributed by atoms with van der Waals surface area (Å²) >= 11 is 0. The Bertz CT molecular complexity index is 251. The Labute approximate surface area is 80.0 Å². The fraction of sp³-hybridized carbons (Fsp3) is 0.545. The average molecular weight is 179 g/mol. The molecule has 72 valence electrons. The van der Waals surface area contributed by atoms with E-state index in [0.717, 1.165) is 0 Å². The molecule has 0 saturated heterocycles. The molecule has 0 aromatic carbocycles. The fourth-order valence-electron chi connectivity index (χ4n) is 1.04. The van der Waals surface area contributed by atoms with Crippen LogP contribution in [0.25, 0.3) is 0 Å². The molecule has 0 amide bonds. The van der Waals surface area contributed by atoms with Crippen molar-refractivity contribution in [3.63, 3.8) is 0 Å². The van der Waals surface area contributed by atoms with Gasteiger partial charge in [-0.3, -0.25) is 0 Å². The van der Waals surface area contributed by atoms with Crippen LogP contribution in [0.1, 0.15) is 39.2 Å². The van der Waals surface area contributed by atoms with E-state index in [-0.39, 0.29) is 6.10 Å². The first-order valence-electron chi connectivity index (χ1n) is 4.72. The predicted octanol–water partition coefficient (Wildman–Crippen LogP) is 2.99. The maximum Gasteiger partial charge on any atom is 0.213 e. The van der Waals surface area contributed by atoms with E-state index in [2.05, 4.69) is 24.9 Å². The van der Waals surface area contributed by atoms with E-state index in [1.54, 1.807) is 0 Å². The molecule has 2 nitrogen and oxygen atoms in total. The fourth-order valence-corrected chi connectivity index (χ4v) is 1.04. The topological polar surface area (TPSA) is 22.1 Å². The Morgan fingerprint density at radius 2 is 1.85 bits per heavy atom. The second-order valence-corrected chi connectivity index (χ2v) is 3.75. The smallest absolute Gasteiger partial charge is 0.213 e. The molecule has 0 bridgehead atoms. The largest absolute Gasteiger partial charge is 0.475 e. The molecule has 1 rings (SSSR count). The van der Waals surface area contributed by atoms with Crippen LogP contribution in [0.3, 0.4) is 0 Å². The van der Waals surface area contributed by atoms with E-state index in [1.165, 1.54) is 5.56 Å². The van der Waals surface area contributed by atoms with E-state index in [0.29, 0.717) is 11.8 Å². The van der Waals surface area contributed by atoms with Gasteiger partial charge in [0.15, 0.2) is 0 Å². The molecule has 13 heavy (non-hydrogen) atoms. The first kappa shape index (κ1) is 10.0. The third-order valence-electron chi connectivity index (χ3n) is 1.78. The zero-order valence-corrected chi connectivity index (χ0v) is 8.74. The van der Waals surface area contributed by atoms with Crippen LogP contribution in [0.2, 0.25) is 0 Å². The number of hydrogen-bond donors (Lipinski definition) is 0. The van der Waals surface area contributed by atoms with Crippen LogP contribution < -0.4 is 4.74 Å². The molecule has 0 aliphatic rings. The van der Waals surface area contributed by atoms with Gasteiger partial charge < -0.3 is 4.74 Å². The van der Waals surface area contributed by atoms with Gasteiger partial charge in [0.25, 0.3) is 0 Å². The molecular formula is C11H17NO.